The van der Waals surface area contributed by atoms with Crippen LogP contribution in [0.1, 0.15) is 46.4 Å². The number of hydrogen-bond acceptors (Lipinski definition) is 10. The lowest BCUT2D eigenvalue weighted by Crippen LogP contribution is -2.74. The number of aromatic hydroxyl groups is 1. The smallest absolute Gasteiger partial charge is 0.235 e. The van der Waals surface area contributed by atoms with Crippen LogP contribution in [-0.4, -0.2) is 77.0 Å². The number of nitrogens with zero attached hydrogens (tertiary/aromatic N) is 1. The van der Waals surface area contributed by atoms with Crippen LogP contribution < -0.4 is 15.8 Å². The van der Waals surface area contributed by atoms with Gasteiger partial charge in [-0.05, 0) is 51.4 Å². The molecule has 3 unspecified atom stereocenters. The van der Waals surface area contributed by atoms with Crippen LogP contribution in [0.5, 0.6) is 11.5 Å². The first kappa shape index (κ1) is 29.6. The van der Waals surface area contributed by atoms with Gasteiger partial charge in [0.25, 0.3) is 0 Å². The number of phenols is 1. The monoisotopic (exact) mass is 577 g/mol. The zero-order valence-corrected chi connectivity index (χ0v) is 23.9. The van der Waals surface area contributed by atoms with Crippen molar-refractivity contribution in [3.63, 3.8) is 0 Å². The molecule has 7 atom stereocenters. The van der Waals surface area contributed by atoms with Crippen LogP contribution in [0.15, 0.2) is 36.4 Å². The first-order valence-electron chi connectivity index (χ1n) is 13.9. The molecule has 0 aliphatic heterocycles. The second-order valence-corrected chi connectivity index (χ2v) is 11.7. The number of ether oxygens (including phenoxy) is 1. The fourth-order valence-corrected chi connectivity index (χ4v) is 7.22. The lowest BCUT2D eigenvalue weighted by molar-refractivity contribution is -0.181. The van der Waals surface area contributed by atoms with Gasteiger partial charge in [-0.25, -0.2) is 0 Å². The number of Topliss-reactive ketones (excluding diaryl/α,β-unsaturated/α-hetero) is 4. The fourth-order valence-electron chi connectivity index (χ4n) is 7.22. The zero-order chi connectivity index (χ0) is 30.7. The summed E-state index contributed by atoms with van der Waals surface area (Å²) in [5.41, 5.74) is 4.61. The normalized spacial score (nSPS) is 29.5. The molecule has 0 heterocycles. The molecule has 3 aliphatic carbocycles. The summed E-state index contributed by atoms with van der Waals surface area (Å²) < 4.78 is 5.75. The number of aliphatic hydroxyl groups is 1. The summed E-state index contributed by atoms with van der Waals surface area (Å²) in [6.45, 7) is 2.31. The van der Waals surface area contributed by atoms with E-state index in [0.29, 0.717) is 23.4 Å². The van der Waals surface area contributed by atoms with Crippen molar-refractivity contribution in [2.75, 3.05) is 21.2 Å². The largest absolute Gasteiger partial charge is 0.507 e. The number of hydrogen-bond donors (Lipinski definition) is 4. The van der Waals surface area contributed by atoms with Crippen molar-refractivity contribution >= 4 is 29.0 Å². The van der Waals surface area contributed by atoms with E-state index >= 15 is 0 Å². The Bertz CT molecular complexity index is 1490. The van der Waals surface area contributed by atoms with Gasteiger partial charge in [0.05, 0.1) is 24.6 Å². The van der Waals surface area contributed by atoms with Crippen LogP contribution in [-0.2, 0) is 32.1 Å². The zero-order valence-electron chi connectivity index (χ0n) is 23.9. The number of likely N-dealkylation sites (N-methyl/N-ethyl adjacent to an activating group) is 1. The van der Waals surface area contributed by atoms with Gasteiger partial charge < -0.3 is 26.0 Å². The molecular weight excluding hydrogens is 542 g/mol. The summed E-state index contributed by atoms with van der Waals surface area (Å²) in [4.78, 5) is 68.0. The maximum atomic E-state index is 13.9. The van der Waals surface area contributed by atoms with E-state index in [1.165, 1.54) is 18.1 Å². The number of phenolic OH excluding ortho intramolecular Hbond substituents is 1. The highest BCUT2D eigenvalue weighted by molar-refractivity contribution is 6.32. The van der Waals surface area contributed by atoms with E-state index in [4.69, 9.17) is 10.5 Å². The Hall–Kier alpha value is -3.93. The van der Waals surface area contributed by atoms with E-state index in [0.717, 1.165) is 5.56 Å². The fraction of sp³-hybridized carbons (Fsp3) is 0.452. The molecule has 2 aromatic carbocycles. The number of primary amides is 1. The molecule has 0 saturated heterocycles. The number of rotatable bonds is 7. The minimum atomic E-state index is -2.76. The van der Waals surface area contributed by atoms with Crippen molar-refractivity contribution in [2.24, 2.45) is 29.4 Å². The predicted molar refractivity (Wildman–Crippen MR) is 150 cm³/mol. The number of carbonyl (C=O) groups is 5. The van der Waals surface area contributed by atoms with Crippen molar-refractivity contribution in [1.82, 2.24) is 10.2 Å². The molecule has 2 fully saturated rings. The van der Waals surface area contributed by atoms with Crippen LogP contribution in [0.2, 0.25) is 0 Å². The molecule has 11 heteroatoms. The van der Waals surface area contributed by atoms with Gasteiger partial charge in [0.1, 0.15) is 11.5 Å². The SMILES string of the molecule is COc1c(CNC(C)c2ccccc2)cc(O)c2c1C[C@H]1C[C@H]3[C@H](N(C)C)C(=O)C(C(N)=O)C(=O)[C@@]3(O)C(=O)C1C2=O. The van der Waals surface area contributed by atoms with Crippen LogP contribution in [0.3, 0.4) is 0 Å². The summed E-state index contributed by atoms with van der Waals surface area (Å²) in [5.74, 6) is -10.4. The van der Waals surface area contributed by atoms with E-state index in [1.54, 1.807) is 14.1 Å². The Kier molecular flexibility index (Phi) is 7.55. The average Bonchev–Trinajstić information content (AvgIpc) is 2.93. The number of nitrogens with two attached hydrogens (primary N) is 1. The molecule has 0 radical (unpaired) electrons. The Balaban J connectivity index is 1.54. The van der Waals surface area contributed by atoms with Gasteiger partial charge in [-0.2, -0.15) is 0 Å². The molecule has 0 spiro atoms. The number of benzene rings is 2. The van der Waals surface area contributed by atoms with Crippen molar-refractivity contribution in [2.45, 2.75) is 44.0 Å². The van der Waals surface area contributed by atoms with Gasteiger partial charge in [-0.1, -0.05) is 30.3 Å². The maximum Gasteiger partial charge on any atom is 0.235 e. The molecule has 0 bridgehead atoms. The number of fused-ring (bicyclic) bond motifs is 3. The van der Waals surface area contributed by atoms with Crippen molar-refractivity contribution in [1.29, 1.82) is 0 Å². The van der Waals surface area contributed by atoms with Crippen LogP contribution >= 0.6 is 0 Å². The molecule has 2 aromatic rings. The van der Waals surface area contributed by atoms with Crippen LogP contribution in [0.25, 0.3) is 0 Å². The minimum Gasteiger partial charge on any atom is -0.507 e. The minimum absolute atomic E-state index is 0.0256. The topological polar surface area (TPSA) is 176 Å². The first-order valence-corrected chi connectivity index (χ1v) is 13.9. The van der Waals surface area contributed by atoms with Gasteiger partial charge in [-0.3, -0.25) is 28.9 Å². The van der Waals surface area contributed by atoms with E-state index in [9.17, 15) is 34.2 Å². The summed E-state index contributed by atoms with van der Waals surface area (Å²) in [6.07, 6.45) is 0.103. The number of methoxy groups -OCH3 is 1. The lowest BCUT2D eigenvalue weighted by Gasteiger charge is -2.52. The van der Waals surface area contributed by atoms with Crippen molar-refractivity contribution in [3.05, 3.63) is 58.7 Å². The molecule has 2 saturated carbocycles. The molecule has 3 aliphatic rings. The highest BCUT2D eigenvalue weighted by atomic mass is 16.5. The summed E-state index contributed by atoms with van der Waals surface area (Å²) in [7, 11) is 4.56. The number of ketones is 4. The van der Waals surface area contributed by atoms with Gasteiger partial charge in [0, 0.05) is 29.6 Å². The summed E-state index contributed by atoms with van der Waals surface area (Å²) >= 11 is 0. The second-order valence-electron chi connectivity index (χ2n) is 11.7. The molecule has 5 N–H and O–H groups in total. The molecule has 222 valence electrons. The summed E-state index contributed by atoms with van der Waals surface area (Å²) in [6, 6.07) is 10.0. The average molecular weight is 578 g/mol. The number of amides is 1. The first-order chi connectivity index (χ1) is 19.8. The highest BCUT2D eigenvalue weighted by Gasteiger charge is 2.69. The van der Waals surface area contributed by atoms with Gasteiger partial charge in [0.15, 0.2) is 34.7 Å². The Morgan fingerprint density at radius 3 is 2.43 bits per heavy atom. The van der Waals surface area contributed by atoms with Gasteiger partial charge in [-0.15, -0.1) is 0 Å². The molecule has 11 nitrogen and oxygen atoms in total. The molecular formula is C31H35N3O8. The van der Waals surface area contributed by atoms with Gasteiger partial charge in [0.2, 0.25) is 5.91 Å². The third kappa shape index (κ3) is 4.34. The van der Waals surface area contributed by atoms with E-state index in [2.05, 4.69) is 5.32 Å². The predicted octanol–water partition coefficient (Wildman–Crippen LogP) is 0.726. The van der Waals surface area contributed by atoms with Crippen molar-refractivity contribution in [3.8, 4) is 11.5 Å². The van der Waals surface area contributed by atoms with E-state index < -0.39 is 64.4 Å². The lowest BCUT2D eigenvalue weighted by atomic mass is 9.52. The van der Waals surface area contributed by atoms with E-state index in [1.807, 2.05) is 37.3 Å². The quantitative estimate of drug-likeness (QED) is 0.343. The Morgan fingerprint density at radius 1 is 1.17 bits per heavy atom. The number of nitrogens with one attached hydrogen (secondary N) is 1. The third-order valence-corrected chi connectivity index (χ3v) is 9.19. The Labute approximate surface area is 243 Å². The molecule has 42 heavy (non-hydrogen) atoms. The van der Waals surface area contributed by atoms with Crippen LogP contribution in [0.4, 0.5) is 0 Å². The maximum absolute atomic E-state index is 13.9. The summed E-state index contributed by atoms with van der Waals surface area (Å²) in [5, 5.41) is 26.1. The Morgan fingerprint density at radius 2 is 1.83 bits per heavy atom. The third-order valence-electron chi connectivity index (χ3n) is 9.19. The van der Waals surface area contributed by atoms with Crippen LogP contribution in [0, 0.1) is 23.7 Å². The molecule has 0 aromatic heterocycles. The second kappa shape index (κ2) is 10.7. The standard InChI is InChI=1S/C31H35N3O8/c1-14(15-8-6-5-7-9-15)33-13-17-12-20(35)22-18(27(17)42-4)10-16-11-19-24(34(2)3)26(37)23(30(32)40)29(39)31(19,41)28(38)21(16)25(22)36/h5-9,12,14,16,19,21,23-24,33,35,41H,10-11,13H2,1-4H3,(H2,32,40)/t14?,16-,19-,21?,23?,24-,31-/m0/s1. The molecule has 5 rings (SSSR count). The highest BCUT2D eigenvalue weighted by Crippen LogP contribution is 2.52. The van der Waals surface area contributed by atoms with E-state index in [-0.39, 0.29) is 30.2 Å². The number of carbonyl (C=O) groups excluding carboxylic acids is 5. The molecule has 1 amide bonds. The van der Waals surface area contributed by atoms with Crippen molar-refractivity contribution < 1.29 is 38.9 Å². The van der Waals surface area contributed by atoms with Gasteiger partial charge >= 0.3 is 0 Å².